The van der Waals surface area contributed by atoms with Crippen molar-refractivity contribution in [3.63, 3.8) is 0 Å². The molecule has 1 aliphatic rings. The lowest BCUT2D eigenvalue weighted by Crippen LogP contribution is -2.42. The summed E-state index contributed by atoms with van der Waals surface area (Å²) in [5.74, 6) is 0.114. The minimum Gasteiger partial charge on any atom is -0.467 e. The van der Waals surface area contributed by atoms with E-state index < -0.39 is 17.3 Å². The fourth-order valence-electron chi connectivity index (χ4n) is 4.47. The van der Waals surface area contributed by atoms with Gasteiger partial charge in [0.25, 0.3) is 0 Å². The lowest BCUT2D eigenvalue weighted by atomic mass is 9.92. The van der Waals surface area contributed by atoms with Crippen molar-refractivity contribution in [2.24, 2.45) is 0 Å². The number of carbonyl (C=O) groups is 1. The van der Waals surface area contributed by atoms with Gasteiger partial charge in [-0.1, -0.05) is 0 Å². The van der Waals surface area contributed by atoms with Gasteiger partial charge in [0.2, 0.25) is 0 Å². The zero-order chi connectivity index (χ0) is 27.0. The number of hydrogen-bond acceptors (Lipinski definition) is 7. The van der Waals surface area contributed by atoms with Crippen molar-refractivity contribution < 1.29 is 32.2 Å². The summed E-state index contributed by atoms with van der Waals surface area (Å²) in [5, 5.41) is 10.9. The summed E-state index contributed by atoms with van der Waals surface area (Å²) in [7, 11) is 1.40. The van der Waals surface area contributed by atoms with Crippen LogP contribution in [0.5, 0.6) is 5.75 Å². The summed E-state index contributed by atoms with van der Waals surface area (Å²) in [6.07, 6.45) is -3.09. The van der Waals surface area contributed by atoms with Crippen LogP contribution in [0.4, 0.5) is 18.0 Å². The van der Waals surface area contributed by atoms with E-state index in [4.69, 9.17) is 14.2 Å². The minimum atomic E-state index is -4.51. The van der Waals surface area contributed by atoms with Crippen molar-refractivity contribution in [2.45, 2.75) is 58.2 Å². The summed E-state index contributed by atoms with van der Waals surface area (Å²) in [4.78, 5) is 14.3. The topological polar surface area (TPSA) is 73.8 Å². The van der Waals surface area contributed by atoms with Crippen LogP contribution in [0, 0.1) is 6.92 Å². The average Bonchev–Trinajstić information content (AvgIpc) is 3.24. The Balaban J connectivity index is 1.65. The Morgan fingerprint density at radius 2 is 1.95 bits per heavy atom. The first-order valence-electron chi connectivity index (χ1n) is 11.9. The number of benzene rings is 1. The van der Waals surface area contributed by atoms with Gasteiger partial charge in [-0.05, 0) is 75.2 Å². The van der Waals surface area contributed by atoms with E-state index in [0.29, 0.717) is 29.9 Å². The standard InChI is InChI=1S/C26H30F3N3O4S/c1-15-9-17(26(27,28)29)10-20(35-14-34-5)22(15)19-11-21-23(31-30-19)18(13-37-21)16-7-6-8-32(12-16)24(33)36-25(2,3)4/h9-11,13,16H,6-8,12,14H2,1-5H3. The molecular formula is C26H30F3N3O4S. The highest BCUT2D eigenvalue weighted by Gasteiger charge is 2.33. The molecule has 1 aliphatic heterocycles. The molecule has 0 spiro atoms. The molecule has 7 nitrogen and oxygen atoms in total. The molecular weight excluding hydrogens is 507 g/mol. The monoisotopic (exact) mass is 537 g/mol. The molecule has 1 saturated heterocycles. The molecule has 3 aromatic rings. The zero-order valence-electron chi connectivity index (χ0n) is 21.4. The maximum atomic E-state index is 13.4. The molecule has 1 atom stereocenters. The molecule has 3 heterocycles. The van der Waals surface area contributed by atoms with Gasteiger partial charge in [-0.15, -0.1) is 21.5 Å². The molecule has 1 aromatic carbocycles. The molecule has 0 N–H and O–H groups in total. The number of aryl methyl sites for hydroxylation is 1. The summed E-state index contributed by atoms with van der Waals surface area (Å²) >= 11 is 1.49. The molecule has 4 rings (SSSR count). The molecule has 2 aromatic heterocycles. The van der Waals surface area contributed by atoms with E-state index in [2.05, 4.69) is 10.2 Å². The Morgan fingerprint density at radius 1 is 1.19 bits per heavy atom. The van der Waals surface area contributed by atoms with Crippen LogP contribution in [0.3, 0.4) is 0 Å². The van der Waals surface area contributed by atoms with E-state index in [1.807, 2.05) is 32.2 Å². The van der Waals surface area contributed by atoms with E-state index in [1.165, 1.54) is 18.4 Å². The maximum Gasteiger partial charge on any atom is 0.416 e. The van der Waals surface area contributed by atoms with Gasteiger partial charge in [-0.2, -0.15) is 13.2 Å². The molecule has 0 bridgehead atoms. The summed E-state index contributed by atoms with van der Waals surface area (Å²) in [5.41, 5.74) is 1.58. The van der Waals surface area contributed by atoms with Crippen molar-refractivity contribution in [2.75, 3.05) is 27.0 Å². The lowest BCUT2D eigenvalue weighted by Gasteiger charge is -2.34. The van der Waals surface area contributed by atoms with Gasteiger partial charge in [0.05, 0.1) is 16.0 Å². The Kier molecular flexibility index (Phi) is 7.66. The van der Waals surface area contributed by atoms with E-state index in [0.717, 1.165) is 40.8 Å². The summed E-state index contributed by atoms with van der Waals surface area (Å²) in [6, 6.07) is 3.86. The number of thiophene rings is 1. The third-order valence-electron chi connectivity index (χ3n) is 6.07. The Hall–Kier alpha value is -2.92. The smallest absolute Gasteiger partial charge is 0.416 e. The predicted octanol–water partition coefficient (Wildman–Crippen LogP) is 6.78. The second kappa shape index (κ2) is 10.4. The van der Waals surface area contributed by atoms with Gasteiger partial charge >= 0.3 is 12.3 Å². The number of piperidine rings is 1. The van der Waals surface area contributed by atoms with Crippen molar-refractivity contribution in [1.82, 2.24) is 15.1 Å². The number of fused-ring (bicyclic) bond motifs is 1. The third-order valence-corrected chi connectivity index (χ3v) is 7.01. The molecule has 1 amide bonds. The van der Waals surface area contributed by atoms with Crippen LogP contribution in [-0.4, -0.2) is 53.8 Å². The summed E-state index contributed by atoms with van der Waals surface area (Å²) in [6.45, 7) is 8.07. The Bertz CT molecular complexity index is 1290. The minimum absolute atomic E-state index is 0.0277. The zero-order valence-corrected chi connectivity index (χ0v) is 22.3. The third kappa shape index (κ3) is 6.15. The van der Waals surface area contributed by atoms with E-state index >= 15 is 0 Å². The first kappa shape index (κ1) is 27.1. The number of nitrogens with zero attached hydrogens (tertiary/aromatic N) is 3. The van der Waals surface area contributed by atoms with Gasteiger partial charge < -0.3 is 19.1 Å². The number of halogens is 3. The Labute approximate surface area is 217 Å². The molecule has 1 fully saturated rings. The van der Waals surface area contributed by atoms with E-state index in [-0.39, 0.29) is 24.6 Å². The lowest BCUT2D eigenvalue weighted by molar-refractivity contribution is -0.137. The second-order valence-electron chi connectivity index (χ2n) is 10.1. The maximum absolute atomic E-state index is 13.4. The Morgan fingerprint density at radius 3 is 2.62 bits per heavy atom. The normalized spacial score (nSPS) is 16.8. The number of rotatable bonds is 5. The quantitative estimate of drug-likeness (QED) is 0.334. The molecule has 11 heteroatoms. The van der Waals surface area contributed by atoms with Gasteiger partial charge in [0, 0.05) is 31.7 Å². The summed E-state index contributed by atoms with van der Waals surface area (Å²) < 4.78 is 57.0. The number of amides is 1. The SMILES string of the molecule is COCOc1cc(C(F)(F)F)cc(C)c1-c1cc2scc(C3CCCN(C(=O)OC(C)(C)C)C3)c2nn1. The first-order chi connectivity index (χ1) is 17.4. The number of carbonyl (C=O) groups excluding carboxylic acids is 1. The fraction of sp³-hybridized carbons (Fsp3) is 0.500. The van der Waals surface area contributed by atoms with Crippen LogP contribution in [-0.2, 0) is 15.7 Å². The number of likely N-dealkylation sites (tertiary alicyclic amines) is 1. The largest absolute Gasteiger partial charge is 0.467 e. The number of alkyl halides is 3. The van der Waals surface area contributed by atoms with Gasteiger partial charge in [0.15, 0.2) is 6.79 Å². The fourth-order valence-corrected chi connectivity index (χ4v) is 5.47. The second-order valence-corrected chi connectivity index (χ2v) is 11.0. The van der Waals surface area contributed by atoms with Crippen molar-refractivity contribution in [3.05, 3.63) is 40.3 Å². The highest BCUT2D eigenvalue weighted by atomic mass is 32.1. The van der Waals surface area contributed by atoms with Crippen LogP contribution < -0.4 is 4.74 Å². The average molecular weight is 538 g/mol. The first-order valence-corrected chi connectivity index (χ1v) is 12.8. The molecule has 0 saturated carbocycles. The number of ether oxygens (including phenoxy) is 3. The van der Waals surface area contributed by atoms with Crippen molar-refractivity contribution >= 4 is 27.6 Å². The molecule has 1 unspecified atom stereocenters. The van der Waals surface area contributed by atoms with Gasteiger partial charge in [-0.3, -0.25) is 0 Å². The number of aromatic nitrogens is 2. The molecule has 0 aliphatic carbocycles. The van der Waals surface area contributed by atoms with Crippen LogP contribution >= 0.6 is 11.3 Å². The van der Waals surface area contributed by atoms with Crippen LogP contribution in [0.15, 0.2) is 23.6 Å². The van der Waals surface area contributed by atoms with E-state index in [9.17, 15) is 18.0 Å². The van der Waals surface area contributed by atoms with Crippen molar-refractivity contribution in [1.29, 1.82) is 0 Å². The molecule has 0 radical (unpaired) electrons. The van der Waals surface area contributed by atoms with E-state index in [1.54, 1.807) is 11.8 Å². The number of hydrogen-bond donors (Lipinski definition) is 0. The van der Waals surface area contributed by atoms with Gasteiger partial charge in [-0.25, -0.2) is 4.79 Å². The van der Waals surface area contributed by atoms with Crippen LogP contribution in [0.25, 0.3) is 21.5 Å². The molecule has 37 heavy (non-hydrogen) atoms. The predicted molar refractivity (Wildman–Crippen MR) is 135 cm³/mol. The van der Waals surface area contributed by atoms with Crippen molar-refractivity contribution in [3.8, 4) is 17.0 Å². The van der Waals surface area contributed by atoms with Gasteiger partial charge in [0.1, 0.15) is 16.9 Å². The number of methoxy groups -OCH3 is 1. The van der Waals surface area contributed by atoms with Crippen LogP contribution in [0.2, 0.25) is 0 Å². The van der Waals surface area contributed by atoms with Crippen LogP contribution in [0.1, 0.15) is 56.2 Å². The highest BCUT2D eigenvalue weighted by molar-refractivity contribution is 7.17. The molecule has 200 valence electrons. The highest BCUT2D eigenvalue weighted by Crippen LogP contribution is 2.41.